The third-order valence-electron chi connectivity index (χ3n) is 5.65. The quantitative estimate of drug-likeness (QED) is 0.471. The molecule has 8 heteroatoms. The van der Waals surface area contributed by atoms with E-state index in [1.807, 2.05) is 24.4 Å². The first-order valence-corrected chi connectivity index (χ1v) is 11.5. The zero-order chi connectivity index (χ0) is 21.9. The van der Waals surface area contributed by atoms with Gasteiger partial charge in [0.15, 0.2) is 0 Å². The number of carbonyl (C=O) groups excluding carboxylic acids is 1. The maximum absolute atomic E-state index is 12.8. The normalized spacial score (nSPS) is 17.1. The summed E-state index contributed by atoms with van der Waals surface area (Å²) in [5.41, 5.74) is 3.11. The second-order valence-corrected chi connectivity index (χ2v) is 8.80. The van der Waals surface area contributed by atoms with Crippen LogP contribution in [0.4, 0.5) is 0 Å². The van der Waals surface area contributed by atoms with E-state index >= 15 is 0 Å². The molecule has 3 aromatic heterocycles. The molecule has 1 aromatic carbocycles. The number of aliphatic hydroxyl groups is 1. The monoisotopic (exact) mass is 448 g/mol. The summed E-state index contributed by atoms with van der Waals surface area (Å²) in [7, 11) is 0. The van der Waals surface area contributed by atoms with E-state index in [-0.39, 0.29) is 25.2 Å². The van der Waals surface area contributed by atoms with Crippen LogP contribution in [-0.2, 0) is 11.3 Å². The van der Waals surface area contributed by atoms with Crippen molar-refractivity contribution in [1.29, 1.82) is 0 Å². The maximum Gasteiger partial charge on any atom is 0.261 e. The molecule has 7 nitrogen and oxygen atoms in total. The van der Waals surface area contributed by atoms with Crippen molar-refractivity contribution in [3.05, 3.63) is 70.9 Å². The number of nitrogens with zero attached hydrogens (tertiary/aromatic N) is 3. The summed E-state index contributed by atoms with van der Waals surface area (Å²) >= 11 is 1.37. The molecule has 2 N–H and O–H groups in total. The second-order valence-electron chi connectivity index (χ2n) is 7.81. The molecule has 1 aliphatic heterocycles. The summed E-state index contributed by atoms with van der Waals surface area (Å²) < 4.78 is 6.16. The number of aromatic nitrogens is 2. The van der Waals surface area contributed by atoms with Crippen LogP contribution in [0.2, 0.25) is 0 Å². The molecule has 4 heterocycles. The lowest BCUT2D eigenvalue weighted by atomic mass is 10.0. The molecule has 0 saturated carbocycles. The van der Waals surface area contributed by atoms with Gasteiger partial charge in [-0.2, -0.15) is 0 Å². The molecule has 1 unspecified atom stereocenters. The van der Waals surface area contributed by atoms with Crippen LogP contribution in [0.5, 0.6) is 0 Å². The number of pyridine rings is 2. The molecule has 0 aliphatic carbocycles. The van der Waals surface area contributed by atoms with Crippen molar-refractivity contribution in [3.8, 4) is 0 Å². The number of fused-ring (bicyclic) bond motifs is 2. The van der Waals surface area contributed by atoms with E-state index in [4.69, 9.17) is 9.84 Å². The summed E-state index contributed by atoms with van der Waals surface area (Å²) in [6, 6.07) is 14.3. The Balaban J connectivity index is 1.41. The highest BCUT2D eigenvalue weighted by atomic mass is 32.1. The Bertz CT molecular complexity index is 1260. The molecule has 164 valence electrons. The first-order chi connectivity index (χ1) is 15.7. The van der Waals surface area contributed by atoms with E-state index in [9.17, 15) is 4.79 Å². The Hall–Kier alpha value is -2.91. The van der Waals surface area contributed by atoms with Gasteiger partial charge in [0.25, 0.3) is 5.91 Å². The van der Waals surface area contributed by atoms with Gasteiger partial charge in [0.2, 0.25) is 0 Å². The average Bonchev–Trinajstić information content (AvgIpc) is 3.22. The highest BCUT2D eigenvalue weighted by molar-refractivity contribution is 7.20. The lowest BCUT2D eigenvalue weighted by Gasteiger charge is -2.33. The number of hydrogen-bond donors (Lipinski definition) is 2. The van der Waals surface area contributed by atoms with Crippen LogP contribution in [0.1, 0.15) is 26.9 Å². The summed E-state index contributed by atoms with van der Waals surface area (Å²) in [6.07, 6.45) is 3.32. The van der Waals surface area contributed by atoms with Crippen LogP contribution in [-0.4, -0.2) is 58.7 Å². The van der Waals surface area contributed by atoms with Crippen molar-refractivity contribution >= 4 is 38.4 Å². The standard InChI is InChI=1S/C24H24N4O3S/c29-11-9-26-23(30)22-21(18-4-2-8-27-24(18)32-22)20-15-28(10-12-31-20)14-16-5-6-19-17(13-16)3-1-7-25-19/h1-8,13,20,29H,9-12,14-15H2,(H,26,30). The first kappa shape index (κ1) is 21.0. The van der Waals surface area contributed by atoms with Gasteiger partial charge in [0.1, 0.15) is 9.71 Å². The summed E-state index contributed by atoms with van der Waals surface area (Å²) in [6.45, 7) is 3.03. The van der Waals surface area contributed by atoms with E-state index < -0.39 is 0 Å². The van der Waals surface area contributed by atoms with Gasteiger partial charge < -0.3 is 15.2 Å². The number of nitrogens with one attached hydrogen (secondary N) is 1. The minimum absolute atomic E-state index is 0.0980. The molecular weight excluding hydrogens is 424 g/mol. The van der Waals surface area contributed by atoms with Gasteiger partial charge >= 0.3 is 0 Å². The van der Waals surface area contributed by atoms with Crippen molar-refractivity contribution in [2.45, 2.75) is 12.6 Å². The van der Waals surface area contributed by atoms with Crippen LogP contribution in [0, 0.1) is 0 Å². The molecule has 1 amide bonds. The number of hydrogen-bond acceptors (Lipinski definition) is 7. The minimum atomic E-state index is -0.223. The van der Waals surface area contributed by atoms with Gasteiger partial charge in [-0.05, 0) is 29.8 Å². The van der Waals surface area contributed by atoms with Crippen molar-refractivity contribution in [2.24, 2.45) is 0 Å². The van der Waals surface area contributed by atoms with Crippen molar-refractivity contribution < 1.29 is 14.6 Å². The Labute approximate surface area is 189 Å². The van der Waals surface area contributed by atoms with Crippen LogP contribution in [0.3, 0.4) is 0 Å². The summed E-state index contributed by atoms with van der Waals surface area (Å²) in [4.78, 5) is 25.5. The molecule has 1 fully saturated rings. The fourth-order valence-corrected chi connectivity index (χ4v) is 5.30. The van der Waals surface area contributed by atoms with Crippen LogP contribution < -0.4 is 5.32 Å². The fourth-order valence-electron chi connectivity index (χ4n) is 4.19. The van der Waals surface area contributed by atoms with E-state index in [0.717, 1.165) is 39.8 Å². The van der Waals surface area contributed by atoms with E-state index in [1.165, 1.54) is 16.9 Å². The number of aliphatic hydroxyl groups excluding tert-OH is 1. The molecular formula is C24H24N4O3S. The predicted molar refractivity (Wildman–Crippen MR) is 125 cm³/mol. The number of carbonyl (C=O) groups is 1. The largest absolute Gasteiger partial charge is 0.395 e. The molecule has 1 atom stereocenters. The van der Waals surface area contributed by atoms with Gasteiger partial charge in [-0.1, -0.05) is 18.2 Å². The fraction of sp³-hybridized carbons (Fsp3) is 0.292. The smallest absolute Gasteiger partial charge is 0.261 e. The lowest BCUT2D eigenvalue weighted by Crippen LogP contribution is -2.38. The third-order valence-corrected chi connectivity index (χ3v) is 6.78. The minimum Gasteiger partial charge on any atom is -0.395 e. The lowest BCUT2D eigenvalue weighted by molar-refractivity contribution is -0.0323. The van der Waals surface area contributed by atoms with Crippen molar-refractivity contribution in [3.63, 3.8) is 0 Å². The molecule has 1 aliphatic rings. The predicted octanol–water partition coefficient (Wildman–Crippen LogP) is 3.14. The zero-order valence-electron chi connectivity index (χ0n) is 17.5. The number of amides is 1. The zero-order valence-corrected chi connectivity index (χ0v) is 18.3. The van der Waals surface area contributed by atoms with Crippen LogP contribution in [0.15, 0.2) is 54.9 Å². The number of thiophene rings is 1. The first-order valence-electron chi connectivity index (χ1n) is 10.7. The molecule has 5 rings (SSSR count). The van der Waals surface area contributed by atoms with Crippen LogP contribution >= 0.6 is 11.3 Å². The third kappa shape index (κ3) is 4.22. The van der Waals surface area contributed by atoms with E-state index in [0.29, 0.717) is 18.0 Å². The Kier molecular flexibility index (Phi) is 6.09. The Morgan fingerprint density at radius 1 is 1.22 bits per heavy atom. The number of ether oxygens (including phenoxy) is 1. The van der Waals surface area contributed by atoms with Gasteiger partial charge in [0.05, 0.1) is 24.8 Å². The van der Waals surface area contributed by atoms with E-state index in [2.05, 4.69) is 44.5 Å². The molecule has 4 aromatic rings. The molecule has 1 saturated heterocycles. The van der Waals surface area contributed by atoms with Gasteiger partial charge in [-0.15, -0.1) is 11.3 Å². The summed E-state index contributed by atoms with van der Waals surface area (Å²) in [5.74, 6) is -0.195. The van der Waals surface area contributed by atoms with Crippen molar-refractivity contribution in [1.82, 2.24) is 20.2 Å². The topological polar surface area (TPSA) is 87.6 Å². The van der Waals surface area contributed by atoms with Gasteiger partial charge in [-0.25, -0.2) is 4.98 Å². The van der Waals surface area contributed by atoms with Crippen LogP contribution in [0.25, 0.3) is 21.1 Å². The molecule has 0 spiro atoms. The SMILES string of the molecule is O=C(NCCO)c1sc2ncccc2c1C1CN(Cc2ccc3ncccc3c2)CCO1. The molecule has 0 radical (unpaired) electrons. The number of morpholine rings is 1. The Morgan fingerprint density at radius 3 is 3.00 bits per heavy atom. The Morgan fingerprint density at radius 2 is 2.09 bits per heavy atom. The number of benzene rings is 1. The summed E-state index contributed by atoms with van der Waals surface area (Å²) in [5, 5.41) is 14.0. The van der Waals surface area contributed by atoms with E-state index in [1.54, 1.807) is 6.20 Å². The number of rotatable bonds is 6. The highest BCUT2D eigenvalue weighted by Gasteiger charge is 2.30. The van der Waals surface area contributed by atoms with Gasteiger partial charge in [0, 0.05) is 54.9 Å². The maximum atomic E-state index is 12.8. The second kappa shape index (κ2) is 9.30. The molecule has 0 bridgehead atoms. The van der Waals surface area contributed by atoms with Gasteiger partial charge in [-0.3, -0.25) is 14.7 Å². The highest BCUT2D eigenvalue weighted by Crippen LogP contribution is 2.37. The van der Waals surface area contributed by atoms with Crippen molar-refractivity contribution in [2.75, 3.05) is 32.8 Å². The average molecular weight is 449 g/mol. The molecule has 32 heavy (non-hydrogen) atoms.